The molecule has 2 unspecified atom stereocenters. The SMILES string of the molecule is C1=CCC2C(=C1)N1B(c3ccccc3C23c2ccccc2-c2ccccc23)n2c3ccccc3c3c4c5c(c1c32)c1ccccc1n5[SH]1c2ccccc2C2(c3ccccc3-c3ccccc32)c2ccccc2N41. The van der Waals surface area contributed by atoms with Crippen LogP contribution >= 0.6 is 11.3 Å². The van der Waals surface area contributed by atoms with Crippen LogP contribution in [0.4, 0.5) is 17.1 Å². The summed E-state index contributed by atoms with van der Waals surface area (Å²) in [4.78, 5) is 4.25. The van der Waals surface area contributed by atoms with Crippen LogP contribution in [0.25, 0.3) is 65.9 Å². The topological polar surface area (TPSA) is 16.3 Å². The fourth-order valence-electron chi connectivity index (χ4n) is 16.3. The van der Waals surface area contributed by atoms with Crippen LogP contribution < -0.4 is 14.6 Å². The highest BCUT2D eigenvalue weighted by molar-refractivity contribution is 8.17. The molecule has 74 heavy (non-hydrogen) atoms. The van der Waals surface area contributed by atoms with E-state index in [1.807, 2.05) is 0 Å². The van der Waals surface area contributed by atoms with E-state index in [1.165, 1.54) is 138 Å². The second-order valence-corrected chi connectivity index (χ2v) is 23.2. The minimum Gasteiger partial charge on any atom is -0.362 e. The van der Waals surface area contributed by atoms with Gasteiger partial charge in [-0.1, -0.05) is 218 Å². The third-order valence-corrected chi connectivity index (χ3v) is 21.0. The monoisotopic (exact) mass is 958 g/mol. The summed E-state index contributed by atoms with van der Waals surface area (Å²) in [5.41, 5.74) is 26.0. The maximum atomic E-state index is 2.86. The highest BCUT2D eigenvalue weighted by atomic mass is 32.2. The van der Waals surface area contributed by atoms with Gasteiger partial charge in [-0.15, -0.1) is 0 Å². The highest BCUT2D eigenvalue weighted by Crippen LogP contribution is 2.72. The molecule has 10 aromatic carbocycles. The third kappa shape index (κ3) is 4.08. The van der Waals surface area contributed by atoms with Gasteiger partial charge in [-0.3, -0.25) is 8.28 Å². The summed E-state index contributed by atoms with van der Waals surface area (Å²) in [7, 11) is 0. The van der Waals surface area contributed by atoms with E-state index in [1.54, 1.807) is 0 Å². The van der Waals surface area contributed by atoms with Crippen molar-refractivity contribution in [3.8, 4) is 22.3 Å². The Bertz CT molecular complexity index is 4580. The second-order valence-electron chi connectivity index (χ2n) is 21.4. The number of allylic oxidation sites excluding steroid dienone is 4. The van der Waals surface area contributed by atoms with Gasteiger partial charge in [0.15, 0.2) is 0 Å². The largest absolute Gasteiger partial charge is 0.420 e. The molecule has 12 aromatic rings. The lowest BCUT2D eigenvalue weighted by Gasteiger charge is -2.43. The van der Waals surface area contributed by atoms with E-state index >= 15 is 0 Å². The van der Waals surface area contributed by atoms with E-state index in [0.29, 0.717) is 0 Å². The predicted octanol–water partition coefficient (Wildman–Crippen LogP) is 15.3. The van der Waals surface area contributed by atoms with Crippen molar-refractivity contribution in [3.05, 3.63) is 281 Å². The molecule has 6 heterocycles. The fourth-order valence-corrected chi connectivity index (χ4v) is 19.1. The molecule has 2 atom stereocenters. The zero-order valence-corrected chi connectivity index (χ0v) is 41.0. The Morgan fingerprint density at radius 2 is 0.986 bits per heavy atom. The Morgan fingerprint density at radius 3 is 1.70 bits per heavy atom. The van der Waals surface area contributed by atoms with Crippen molar-refractivity contribution in [3.63, 3.8) is 0 Å². The fraction of sp³-hybridized carbons (Fsp3) is 0.0588. The molecule has 6 heteroatoms. The summed E-state index contributed by atoms with van der Waals surface area (Å²) >= 11 is -1.24. The Balaban J connectivity index is 0.997. The van der Waals surface area contributed by atoms with Crippen molar-refractivity contribution in [2.24, 2.45) is 5.92 Å². The van der Waals surface area contributed by atoms with Crippen LogP contribution in [-0.2, 0) is 10.8 Å². The molecule has 0 bridgehead atoms. The smallest absolute Gasteiger partial charge is 0.362 e. The zero-order valence-electron chi connectivity index (χ0n) is 40.1. The van der Waals surface area contributed by atoms with Crippen LogP contribution in [0.3, 0.4) is 0 Å². The Morgan fingerprint density at radius 1 is 0.459 bits per heavy atom. The zero-order chi connectivity index (χ0) is 47.8. The Kier molecular flexibility index (Phi) is 6.98. The molecule has 4 aliphatic heterocycles. The lowest BCUT2D eigenvalue weighted by Crippen LogP contribution is -2.50. The summed E-state index contributed by atoms with van der Waals surface area (Å²) in [6.07, 6.45) is 8.21. The van der Waals surface area contributed by atoms with E-state index in [2.05, 4.69) is 254 Å². The molecule has 2 aromatic heterocycles. The average Bonchev–Trinajstić information content (AvgIpc) is 4.28. The van der Waals surface area contributed by atoms with E-state index < -0.39 is 22.1 Å². The maximum absolute atomic E-state index is 2.86. The number of anilines is 3. The van der Waals surface area contributed by atoms with Gasteiger partial charge in [-0.2, -0.15) is 0 Å². The first-order valence-corrected chi connectivity index (χ1v) is 27.5. The molecular formula is C68H43BN4S. The Hall–Kier alpha value is -8.71. The van der Waals surface area contributed by atoms with Gasteiger partial charge in [0.1, 0.15) is 0 Å². The number of hydrogen-bond acceptors (Lipinski definition) is 2. The van der Waals surface area contributed by atoms with Gasteiger partial charge in [-0.05, 0) is 103 Å². The number of thiol groups is 1. The van der Waals surface area contributed by atoms with Crippen molar-refractivity contribution < 1.29 is 0 Å². The number of fused-ring (bicyclic) bond motifs is 36. The van der Waals surface area contributed by atoms with Gasteiger partial charge in [0.2, 0.25) is 0 Å². The molecule has 4 nitrogen and oxygen atoms in total. The molecule has 2 spiro atoms. The highest BCUT2D eigenvalue weighted by Gasteiger charge is 2.60. The molecular weight excluding hydrogens is 916 g/mol. The number of para-hydroxylation sites is 3. The number of hydrogen-bond donors (Lipinski definition) is 1. The molecule has 0 N–H and O–H groups in total. The summed E-state index contributed by atoms with van der Waals surface area (Å²) in [5, 5.41) is 5.31. The van der Waals surface area contributed by atoms with Crippen LogP contribution in [-0.4, -0.2) is 15.4 Å². The van der Waals surface area contributed by atoms with Gasteiger partial charge in [-0.25, -0.2) is 0 Å². The summed E-state index contributed by atoms with van der Waals surface area (Å²) < 4.78 is 8.47. The van der Waals surface area contributed by atoms with Gasteiger partial charge in [0, 0.05) is 43.6 Å². The first-order chi connectivity index (χ1) is 36.8. The summed E-state index contributed by atoms with van der Waals surface area (Å²) in [5.74, 6) is 0.119. The van der Waals surface area contributed by atoms with Gasteiger partial charge < -0.3 is 9.29 Å². The van der Waals surface area contributed by atoms with Crippen molar-refractivity contribution in [2.45, 2.75) is 22.1 Å². The van der Waals surface area contributed by atoms with E-state index in [-0.39, 0.29) is 12.9 Å². The molecule has 3 aliphatic carbocycles. The van der Waals surface area contributed by atoms with E-state index in [4.69, 9.17) is 0 Å². The van der Waals surface area contributed by atoms with Crippen LogP contribution in [0.5, 0.6) is 0 Å². The summed E-state index contributed by atoms with van der Waals surface area (Å²) in [6.45, 7) is -0.142. The van der Waals surface area contributed by atoms with Crippen molar-refractivity contribution in [1.29, 1.82) is 0 Å². The molecule has 19 rings (SSSR count). The normalized spacial score (nSPS) is 19.1. The molecule has 7 aliphatic rings. The first-order valence-electron chi connectivity index (χ1n) is 26.3. The van der Waals surface area contributed by atoms with E-state index in [9.17, 15) is 0 Å². The average molecular weight is 959 g/mol. The number of nitrogens with zero attached hydrogens (tertiary/aromatic N) is 4. The number of rotatable bonds is 0. The van der Waals surface area contributed by atoms with Crippen LogP contribution in [0, 0.1) is 5.92 Å². The minimum atomic E-state index is -1.24. The maximum Gasteiger partial charge on any atom is 0.420 e. The molecule has 0 saturated carbocycles. The van der Waals surface area contributed by atoms with E-state index in [0.717, 1.165) is 6.42 Å². The molecule has 0 amide bonds. The lowest BCUT2D eigenvalue weighted by atomic mass is 9.57. The summed E-state index contributed by atoms with van der Waals surface area (Å²) in [6, 6.07) is 84.5. The predicted molar refractivity (Wildman–Crippen MR) is 308 cm³/mol. The molecule has 0 fully saturated rings. The second kappa shape index (κ2) is 13.3. The molecule has 0 radical (unpaired) electrons. The standard InChI is InChI=1S/C68H43BN4S/c1-7-27-47-41(21-1)42-22-2-8-28-48(42)67(47)51-31-11-15-35-55(51)69-70-56-36-16-5-25-45(56)61-63(70)64(71(69)58-38-18-12-32-52(58)67)62-46-26-6-17-37-57(46)72-65(62)66(61)73-59-39-19-13-33-53(59)68(54-34-14-20-40-60(54)74(72)73)49-29-9-3-23-43(49)44-24-4-10-30-50(44)68/h1-31,33-40,52,74H,32H2. The van der Waals surface area contributed by atoms with Crippen molar-refractivity contribution in [2.75, 3.05) is 9.12 Å². The van der Waals surface area contributed by atoms with Gasteiger partial charge in [0.05, 0.1) is 44.4 Å². The van der Waals surface area contributed by atoms with Crippen LogP contribution in [0.1, 0.15) is 45.4 Å². The number of benzene rings is 10. The minimum absolute atomic E-state index is 0.119. The van der Waals surface area contributed by atoms with Crippen LogP contribution in [0.2, 0.25) is 0 Å². The lowest BCUT2D eigenvalue weighted by molar-refractivity contribution is 0.436. The quantitative estimate of drug-likeness (QED) is 0.120. The molecule has 0 saturated heterocycles. The Labute approximate surface area is 431 Å². The van der Waals surface area contributed by atoms with Crippen molar-refractivity contribution >= 4 is 84.4 Å². The van der Waals surface area contributed by atoms with Crippen LogP contribution in [0.15, 0.2) is 247 Å². The number of aromatic nitrogens is 2. The molecule has 344 valence electrons. The van der Waals surface area contributed by atoms with Crippen molar-refractivity contribution in [1.82, 2.24) is 8.45 Å². The van der Waals surface area contributed by atoms with Gasteiger partial charge in [0.25, 0.3) is 0 Å². The van der Waals surface area contributed by atoms with Gasteiger partial charge >= 0.3 is 6.98 Å². The third-order valence-electron chi connectivity index (χ3n) is 18.6. The first kappa shape index (κ1) is 38.9.